The van der Waals surface area contributed by atoms with Gasteiger partial charge < -0.3 is 0 Å². The van der Waals surface area contributed by atoms with Gasteiger partial charge in [-0.15, -0.1) is 0 Å². The first kappa shape index (κ1) is 23.7. The Kier molecular flexibility index (Phi) is 14.2. The summed E-state index contributed by atoms with van der Waals surface area (Å²) < 4.78 is 0. The second-order valence-corrected chi connectivity index (χ2v) is 7.96. The van der Waals surface area contributed by atoms with Crippen molar-refractivity contribution in [1.29, 1.82) is 0 Å². The molecule has 0 aromatic rings. The van der Waals surface area contributed by atoms with Gasteiger partial charge >= 0.3 is 0 Å². The Bertz CT molecular complexity index is 488. The minimum Gasteiger partial charge on any atom is -0.0857 e. The summed E-state index contributed by atoms with van der Waals surface area (Å²) in [6, 6.07) is 0. The molecule has 0 radical (unpaired) electrons. The summed E-state index contributed by atoms with van der Waals surface area (Å²) in [5.74, 6) is 0.657. The van der Waals surface area contributed by atoms with E-state index in [1.54, 1.807) is 0 Å². The van der Waals surface area contributed by atoms with Gasteiger partial charge in [-0.25, -0.2) is 0 Å². The Morgan fingerprint density at radius 3 is 1.52 bits per heavy atom. The van der Waals surface area contributed by atoms with Crippen LogP contribution in [0.25, 0.3) is 0 Å². The molecule has 0 saturated heterocycles. The third-order valence-corrected chi connectivity index (χ3v) is 4.28. The lowest BCUT2D eigenvalue weighted by Crippen LogP contribution is -1.82. The van der Waals surface area contributed by atoms with Crippen molar-refractivity contribution in [1.82, 2.24) is 0 Å². The van der Waals surface area contributed by atoms with Crippen molar-refractivity contribution in [3.8, 4) is 0 Å². The molecule has 142 valence electrons. The van der Waals surface area contributed by atoms with E-state index in [2.05, 4.69) is 84.9 Å². The molecule has 0 heteroatoms. The van der Waals surface area contributed by atoms with Crippen LogP contribution >= 0.6 is 0 Å². The first-order chi connectivity index (χ1) is 11.8. The van der Waals surface area contributed by atoms with Crippen molar-refractivity contribution in [2.24, 2.45) is 5.92 Å². The van der Waals surface area contributed by atoms with Gasteiger partial charge in [0.2, 0.25) is 0 Å². The van der Waals surface area contributed by atoms with Gasteiger partial charge in [0.15, 0.2) is 0 Å². The minimum atomic E-state index is 0.657. The van der Waals surface area contributed by atoms with E-state index in [-0.39, 0.29) is 0 Å². The van der Waals surface area contributed by atoms with Crippen LogP contribution in [0.5, 0.6) is 0 Å². The Hall–Kier alpha value is -1.30. The lowest BCUT2D eigenvalue weighted by atomic mass is 10.0. The molecular formula is C25H42. The van der Waals surface area contributed by atoms with Crippen molar-refractivity contribution < 1.29 is 0 Å². The monoisotopic (exact) mass is 342 g/mol. The van der Waals surface area contributed by atoms with E-state index < -0.39 is 0 Å². The van der Waals surface area contributed by atoms with Crippen LogP contribution in [0.15, 0.2) is 58.7 Å². The SMILES string of the molecule is CC(C)=CCCC(C)=CCCC(C)=CCCC(C)=CC/C=C/C(C)C. The highest BCUT2D eigenvalue weighted by Gasteiger charge is 1.93. The standard InChI is InChI=1S/C25H42/c1-21(2)13-8-9-15-23(5)17-11-19-25(7)20-12-18-24(6)16-10-14-22(3)4/h8,13-15,18-19,21H,9-12,16-17,20H2,1-7H3/b13-8+,23-15?,24-18?,25-19?. The Morgan fingerprint density at radius 2 is 1.08 bits per heavy atom. The predicted octanol–water partition coefficient (Wildman–Crippen LogP) is 8.73. The number of rotatable bonds is 12. The zero-order chi connectivity index (χ0) is 19.1. The first-order valence-corrected chi connectivity index (χ1v) is 10.1. The highest BCUT2D eigenvalue weighted by atomic mass is 14.0. The molecule has 0 N–H and O–H groups in total. The van der Waals surface area contributed by atoms with Crippen LogP contribution < -0.4 is 0 Å². The van der Waals surface area contributed by atoms with Crippen LogP contribution in [0, 0.1) is 5.92 Å². The first-order valence-electron chi connectivity index (χ1n) is 10.1. The second-order valence-electron chi connectivity index (χ2n) is 7.96. The highest BCUT2D eigenvalue weighted by Crippen LogP contribution is 2.13. The minimum absolute atomic E-state index is 0.657. The van der Waals surface area contributed by atoms with Crippen molar-refractivity contribution >= 4 is 0 Å². The molecule has 0 atom stereocenters. The van der Waals surface area contributed by atoms with Gasteiger partial charge in [-0.05, 0) is 85.5 Å². The van der Waals surface area contributed by atoms with E-state index in [1.807, 2.05) is 0 Å². The van der Waals surface area contributed by atoms with Crippen LogP contribution in [0.2, 0.25) is 0 Å². The summed E-state index contributed by atoms with van der Waals surface area (Å²) in [6.45, 7) is 15.6. The van der Waals surface area contributed by atoms with Gasteiger partial charge in [-0.2, -0.15) is 0 Å². The fourth-order valence-corrected chi connectivity index (χ4v) is 2.61. The van der Waals surface area contributed by atoms with E-state index in [9.17, 15) is 0 Å². The second kappa shape index (κ2) is 15.0. The lowest BCUT2D eigenvalue weighted by Gasteiger charge is -2.02. The maximum atomic E-state index is 2.42. The molecule has 0 aliphatic heterocycles. The average molecular weight is 343 g/mol. The average Bonchev–Trinajstić information content (AvgIpc) is 2.51. The van der Waals surface area contributed by atoms with Gasteiger partial charge in [0.25, 0.3) is 0 Å². The Balaban J connectivity index is 4.01. The predicted molar refractivity (Wildman–Crippen MR) is 117 cm³/mol. The normalized spacial score (nSPS) is 13.8. The van der Waals surface area contributed by atoms with Crippen LogP contribution in [0.3, 0.4) is 0 Å². The molecule has 25 heavy (non-hydrogen) atoms. The van der Waals surface area contributed by atoms with E-state index >= 15 is 0 Å². The third-order valence-electron chi connectivity index (χ3n) is 4.28. The fraction of sp³-hybridized carbons (Fsp3) is 0.600. The molecule has 0 unspecified atom stereocenters. The molecule has 0 saturated carbocycles. The zero-order valence-electron chi connectivity index (χ0n) is 18.0. The van der Waals surface area contributed by atoms with Crippen LogP contribution in [0.4, 0.5) is 0 Å². The molecule has 0 amide bonds. The van der Waals surface area contributed by atoms with Gasteiger partial charge in [-0.3, -0.25) is 0 Å². The Labute approximate surface area is 158 Å². The number of hydrogen-bond acceptors (Lipinski definition) is 0. The summed E-state index contributed by atoms with van der Waals surface area (Å²) >= 11 is 0. The van der Waals surface area contributed by atoms with Gasteiger partial charge in [-0.1, -0.05) is 72.6 Å². The van der Waals surface area contributed by atoms with Gasteiger partial charge in [0.1, 0.15) is 0 Å². The largest absolute Gasteiger partial charge is 0.0857 e. The molecular weight excluding hydrogens is 300 g/mol. The quantitative estimate of drug-likeness (QED) is 0.311. The van der Waals surface area contributed by atoms with E-state index in [0.717, 1.165) is 6.42 Å². The topological polar surface area (TPSA) is 0 Å². The molecule has 0 aromatic carbocycles. The third kappa shape index (κ3) is 17.3. The summed E-state index contributed by atoms with van der Waals surface area (Å²) in [5.41, 5.74) is 5.98. The summed E-state index contributed by atoms with van der Waals surface area (Å²) in [7, 11) is 0. The number of hydrogen-bond donors (Lipinski definition) is 0. The van der Waals surface area contributed by atoms with Crippen LogP contribution in [-0.4, -0.2) is 0 Å². The van der Waals surface area contributed by atoms with E-state index in [0.29, 0.717) is 5.92 Å². The van der Waals surface area contributed by atoms with E-state index in [4.69, 9.17) is 0 Å². The Morgan fingerprint density at radius 1 is 0.640 bits per heavy atom. The molecule has 0 aliphatic rings. The number of allylic oxidation sites excluding steroid dienone is 10. The van der Waals surface area contributed by atoms with Gasteiger partial charge in [0, 0.05) is 0 Å². The molecule has 0 spiro atoms. The van der Waals surface area contributed by atoms with Gasteiger partial charge in [0.05, 0.1) is 0 Å². The summed E-state index contributed by atoms with van der Waals surface area (Å²) in [4.78, 5) is 0. The molecule has 0 aromatic heterocycles. The fourth-order valence-electron chi connectivity index (χ4n) is 2.61. The summed E-state index contributed by atoms with van der Waals surface area (Å²) in [6.07, 6.45) is 22.3. The molecule has 0 aliphatic carbocycles. The smallest absolute Gasteiger partial charge is 0.0167 e. The van der Waals surface area contributed by atoms with Crippen molar-refractivity contribution in [3.63, 3.8) is 0 Å². The van der Waals surface area contributed by atoms with Crippen molar-refractivity contribution in [3.05, 3.63) is 58.7 Å². The maximum absolute atomic E-state index is 2.42. The van der Waals surface area contributed by atoms with Crippen LogP contribution in [0.1, 0.15) is 93.4 Å². The van der Waals surface area contributed by atoms with Crippen LogP contribution in [-0.2, 0) is 0 Å². The van der Waals surface area contributed by atoms with Crippen molar-refractivity contribution in [2.45, 2.75) is 93.4 Å². The molecule has 0 bridgehead atoms. The highest BCUT2D eigenvalue weighted by molar-refractivity contribution is 5.08. The maximum Gasteiger partial charge on any atom is -0.0167 e. The van der Waals surface area contributed by atoms with E-state index in [1.165, 1.54) is 60.8 Å². The molecule has 0 fully saturated rings. The lowest BCUT2D eigenvalue weighted by molar-refractivity contribution is 0.827. The summed E-state index contributed by atoms with van der Waals surface area (Å²) in [5, 5.41) is 0. The molecule has 0 nitrogen and oxygen atoms in total. The molecule has 0 rings (SSSR count). The zero-order valence-corrected chi connectivity index (χ0v) is 18.0. The molecule has 0 heterocycles. The van der Waals surface area contributed by atoms with Crippen molar-refractivity contribution in [2.75, 3.05) is 0 Å².